The first kappa shape index (κ1) is 14.3. The molecule has 18 heavy (non-hydrogen) atoms. The molecule has 0 spiro atoms. The molecule has 1 aliphatic carbocycles. The SMILES string of the molecule is C#CC1=C(N=CC)C=C(C)C(C)=CC=CC1(C)C. The minimum Gasteiger partial charge on any atom is -0.261 e. The van der Waals surface area contributed by atoms with Crippen molar-refractivity contribution in [3.63, 3.8) is 0 Å². The maximum Gasteiger partial charge on any atom is 0.0752 e. The third-order valence-electron chi connectivity index (χ3n) is 3.15. The molecule has 0 radical (unpaired) electrons. The molecule has 0 amide bonds. The number of hydrogen-bond acceptors (Lipinski definition) is 1. The van der Waals surface area contributed by atoms with Crippen LogP contribution >= 0.6 is 0 Å². The summed E-state index contributed by atoms with van der Waals surface area (Å²) < 4.78 is 0. The molecule has 1 aliphatic rings. The molecule has 0 fully saturated rings. The Hall–Kier alpha value is -1.81. The minimum atomic E-state index is -0.186. The largest absolute Gasteiger partial charge is 0.261 e. The molecule has 1 heteroatoms. The average molecular weight is 239 g/mol. The van der Waals surface area contributed by atoms with Gasteiger partial charge in [0, 0.05) is 17.2 Å². The fraction of sp³-hybridized carbons (Fsp3) is 0.353. The van der Waals surface area contributed by atoms with Gasteiger partial charge in [-0.05, 0) is 38.0 Å². The number of aliphatic imine (C=N–C) groups is 1. The van der Waals surface area contributed by atoms with Crippen LogP contribution < -0.4 is 0 Å². The van der Waals surface area contributed by atoms with E-state index in [0.29, 0.717) is 0 Å². The lowest BCUT2D eigenvalue weighted by Crippen LogP contribution is -2.12. The molecule has 0 aromatic carbocycles. The maximum absolute atomic E-state index is 5.69. The van der Waals surface area contributed by atoms with Crippen LogP contribution in [0.2, 0.25) is 0 Å². The Bertz CT molecular complexity index is 514. The van der Waals surface area contributed by atoms with Gasteiger partial charge in [0.15, 0.2) is 0 Å². The van der Waals surface area contributed by atoms with E-state index in [4.69, 9.17) is 6.42 Å². The van der Waals surface area contributed by atoms with E-state index in [9.17, 15) is 0 Å². The van der Waals surface area contributed by atoms with Crippen molar-refractivity contribution in [2.75, 3.05) is 0 Å². The molecular weight excluding hydrogens is 218 g/mol. The lowest BCUT2D eigenvalue weighted by molar-refractivity contribution is 0.595. The van der Waals surface area contributed by atoms with Crippen LogP contribution in [-0.2, 0) is 0 Å². The van der Waals surface area contributed by atoms with Crippen molar-refractivity contribution < 1.29 is 0 Å². The Balaban J connectivity index is 3.60. The molecule has 0 aromatic heterocycles. The molecule has 0 aliphatic heterocycles. The quantitative estimate of drug-likeness (QED) is 0.473. The fourth-order valence-corrected chi connectivity index (χ4v) is 1.87. The Labute approximate surface area is 111 Å². The van der Waals surface area contributed by atoms with E-state index in [1.807, 2.05) is 6.92 Å². The summed E-state index contributed by atoms with van der Waals surface area (Å²) in [6.07, 6.45) is 15.9. The molecule has 94 valence electrons. The van der Waals surface area contributed by atoms with Crippen molar-refractivity contribution in [3.8, 4) is 12.3 Å². The van der Waals surface area contributed by atoms with Gasteiger partial charge in [-0.25, -0.2) is 0 Å². The average Bonchev–Trinajstić information content (AvgIpc) is 2.31. The lowest BCUT2D eigenvalue weighted by Gasteiger charge is -2.21. The van der Waals surface area contributed by atoms with Crippen LogP contribution in [0, 0.1) is 17.8 Å². The molecule has 0 saturated carbocycles. The van der Waals surface area contributed by atoms with Gasteiger partial charge < -0.3 is 0 Å². The monoisotopic (exact) mass is 239 g/mol. The van der Waals surface area contributed by atoms with E-state index in [1.165, 1.54) is 11.1 Å². The lowest BCUT2D eigenvalue weighted by atomic mass is 9.82. The van der Waals surface area contributed by atoms with Crippen LogP contribution in [0.1, 0.15) is 34.6 Å². The molecule has 0 bridgehead atoms. The summed E-state index contributed by atoms with van der Waals surface area (Å²) in [6.45, 7) is 10.3. The predicted octanol–water partition coefficient (Wildman–Crippen LogP) is 4.45. The minimum absolute atomic E-state index is 0.186. The third kappa shape index (κ3) is 3.11. The van der Waals surface area contributed by atoms with E-state index < -0.39 is 0 Å². The van der Waals surface area contributed by atoms with Crippen molar-refractivity contribution in [3.05, 3.63) is 46.7 Å². The number of nitrogens with zero attached hydrogens (tertiary/aromatic N) is 1. The zero-order valence-electron chi connectivity index (χ0n) is 11.9. The summed E-state index contributed by atoms with van der Waals surface area (Å²) in [5, 5.41) is 0. The number of rotatable bonds is 1. The smallest absolute Gasteiger partial charge is 0.0752 e. The van der Waals surface area contributed by atoms with Crippen molar-refractivity contribution in [1.82, 2.24) is 0 Å². The van der Waals surface area contributed by atoms with Crippen LogP contribution in [0.4, 0.5) is 0 Å². The second kappa shape index (κ2) is 5.69. The van der Waals surface area contributed by atoms with Crippen LogP contribution in [0.25, 0.3) is 0 Å². The molecule has 0 N–H and O–H groups in total. The molecule has 0 heterocycles. The zero-order valence-corrected chi connectivity index (χ0v) is 11.9. The number of hydrogen-bond donors (Lipinski definition) is 0. The second-order valence-electron chi connectivity index (χ2n) is 5.05. The summed E-state index contributed by atoms with van der Waals surface area (Å²) in [7, 11) is 0. The number of allylic oxidation sites excluding steroid dienone is 7. The van der Waals surface area contributed by atoms with Gasteiger partial charge in [-0.1, -0.05) is 38.0 Å². The van der Waals surface area contributed by atoms with E-state index in [1.54, 1.807) is 6.21 Å². The fourth-order valence-electron chi connectivity index (χ4n) is 1.87. The normalized spacial score (nSPS) is 19.8. The summed E-state index contributed by atoms with van der Waals surface area (Å²) in [6, 6.07) is 0. The van der Waals surface area contributed by atoms with Crippen LogP contribution in [-0.4, -0.2) is 6.21 Å². The standard InChI is InChI=1S/C17H21N/c1-7-15-16(18-8-2)12-14(4)13(3)10-9-11-17(15,5)6/h1,8-12H,2-6H3. The molecule has 1 nitrogen and oxygen atoms in total. The molecule has 1 rings (SSSR count). The van der Waals surface area contributed by atoms with E-state index in [0.717, 1.165) is 11.3 Å². The molecular formula is C17H21N. The first-order valence-electron chi connectivity index (χ1n) is 6.17. The Morgan fingerprint density at radius 3 is 2.50 bits per heavy atom. The van der Waals surface area contributed by atoms with Crippen LogP contribution in [0.5, 0.6) is 0 Å². The van der Waals surface area contributed by atoms with Crippen molar-refractivity contribution in [2.45, 2.75) is 34.6 Å². The van der Waals surface area contributed by atoms with Crippen LogP contribution in [0.3, 0.4) is 0 Å². The van der Waals surface area contributed by atoms with Gasteiger partial charge in [0.1, 0.15) is 0 Å². The highest BCUT2D eigenvalue weighted by Gasteiger charge is 2.22. The highest BCUT2D eigenvalue weighted by Crippen LogP contribution is 2.32. The summed E-state index contributed by atoms with van der Waals surface area (Å²) >= 11 is 0. The Morgan fingerprint density at radius 2 is 1.94 bits per heavy atom. The van der Waals surface area contributed by atoms with Crippen molar-refractivity contribution in [1.29, 1.82) is 0 Å². The molecule has 0 unspecified atom stereocenters. The van der Waals surface area contributed by atoms with Crippen molar-refractivity contribution >= 4 is 6.21 Å². The van der Waals surface area contributed by atoms with E-state index in [2.05, 4.69) is 62.9 Å². The van der Waals surface area contributed by atoms with E-state index >= 15 is 0 Å². The Morgan fingerprint density at radius 1 is 1.28 bits per heavy atom. The van der Waals surface area contributed by atoms with Gasteiger partial charge >= 0.3 is 0 Å². The van der Waals surface area contributed by atoms with E-state index in [-0.39, 0.29) is 5.41 Å². The van der Waals surface area contributed by atoms with Gasteiger partial charge in [-0.15, -0.1) is 6.42 Å². The summed E-state index contributed by atoms with van der Waals surface area (Å²) in [4.78, 5) is 4.43. The summed E-state index contributed by atoms with van der Waals surface area (Å²) in [5.41, 5.74) is 4.02. The molecule has 0 saturated heterocycles. The summed E-state index contributed by atoms with van der Waals surface area (Å²) in [5.74, 6) is 2.81. The van der Waals surface area contributed by atoms with Gasteiger partial charge in [0.2, 0.25) is 0 Å². The highest BCUT2D eigenvalue weighted by molar-refractivity contribution is 5.59. The molecule has 0 aromatic rings. The molecule has 0 atom stereocenters. The predicted molar refractivity (Wildman–Crippen MR) is 80.5 cm³/mol. The Kier molecular flexibility index (Phi) is 4.50. The topological polar surface area (TPSA) is 12.4 Å². The maximum atomic E-state index is 5.69. The second-order valence-corrected chi connectivity index (χ2v) is 5.05. The van der Waals surface area contributed by atoms with Gasteiger partial charge in [0.05, 0.1) is 5.70 Å². The first-order valence-corrected chi connectivity index (χ1v) is 6.17. The highest BCUT2D eigenvalue weighted by atomic mass is 14.7. The number of terminal acetylenes is 1. The van der Waals surface area contributed by atoms with Gasteiger partial charge in [-0.3, -0.25) is 4.99 Å². The van der Waals surface area contributed by atoms with Gasteiger partial charge in [0.25, 0.3) is 0 Å². The first-order chi connectivity index (χ1) is 8.42. The third-order valence-corrected chi connectivity index (χ3v) is 3.15. The van der Waals surface area contributed by atoms with Gasteiger partial charge in [-0.2, -0.15) is 0 Å². The van der Waals surface area contributed by atoms with Crippen molar-refractivity contribution in [2.24, 2.45) is 10.4 Å². The zero-order chi connectivity index (χ0) is 13.8. The van der Waals surface area contributed by atoms with Crippen LogP contribution in [0.15, 0.2) is 51.7 Å².